The van der Waals surface area contributed by atoms with Crippen LogP contribution in [0.25, 0.3) is 0 Å². The van der Waals surface area contributed by atoms with Gasteiger partial charge in [0.1, 0.15) is 5.75 Å². The van der Waals surface area contributed by atoms with Crippen molar-refractivity contribution in [2.45, 2.75) is 38.4 Å². The van der Waals surface area contributed by atoms with Crippen LogP contribution in [-0.2, 0) is 4.74 Å². The Morgan fingerprint density at radius 3 is 2.88 bits per heavy atom. The first-order valence-corrected chi connectivity index (χ1v) is 6.02. The Morgan fingerprint density at radius 2 is 2.06 bits per heavy atom. The minimum absolute atomic E-state index is 0.306. The molecule has 0 unspecified atom stereocenters. The van der Waals surface area contributed by atoms with Crippen molar-refractivity contribution in [2.24, 2.45) is 0 Å². The van der Waals surface area contributed by atoms with E-state index >= 15 is 0 Å². The van der Waals surface area contributed by atoms with Crippen molar-refractivity contribution in [3.63, 3.8) is 0 Å². The number of aromatic hydroxyl groups is 1. The van der Waals surface area contributed by atoms with E-state index in [1.807, 2.05) is 0 Å². The van der Waals surface area contributed by atoms with Crippen molar-refractivity contribution in [2.75, 3.05) is 6.61 Å². The summed E-state index contributed by atoms with van der Waals surface area (Å²) >= 11 is 0. The van der Waals surface area contributed by atoms with Crippen LogP contribution in [0.3, 0.4) is 0 Å². The first kappa shape index (κ1) is 12.2. The number of phenols is 1. The van der Waals surface area contributed by atoms with Gasteiger partial charge in [-0.05, 0) is 25.0 Å². The molecule has 1 aromatic rings. The Balaban J connectivity index is 1.95. The van der Waals surface area contributed by atoms with Crippen molar-refractivity contribution >= 4 is 0 Å². The molecular formula is C13H17FO3. The molecule has 1 heterocycles. The molecule has 0 radical (unpaired) electrons. The minimum atomic E-state index is -0.673. The molecule has 0 spiro atoms. The lowest BCUT2D eigenvalue weighted by molar-refractivity contribution is -0.0910. The zero-order valence-corrected chi connectivity index (χ0v) is 9.69. The first-order valence-electron chi connectivity index (χ1n) is 6.02. The van der Waals surface area contributed by atoms with Gasteiger partial charge < -0.3 is 14.6 Å². The predicted octanol–water partition coefficient (Wildman–Crippen LogP) is 3.22. The van der Waals surface area contributed by atoms with Gasteiger partial charge in [0, 0.05) is 12.5 Å². The van der Waals surface area contributed by atoms with Crippen molar-refractivity contribution in [3.05, 3.63) is 24.0 Å². The molecule has 4 heteroatoms. The zero-order valence-electron chi connectivity index (χ0n) is 9.69. The number of phenolic OH excluding ortho intramolecular Hbond substituents is 1. The van der Waals surface area contributed by atoms with Crippen LogP contribution >= 0.6 is 0 Å². The third-order valence-corrected chi connectivity index (χ3v) is 2.82. The monoisotopic (exact) mass is 240 g/mol. The number of ether oxygens (including phenoxy) is 2. The van der Waals surface area contributed by atoms with Crippen LogP contribution in [0.2, 0.25) is 0 Å². The molecule has 1 N–H and O–H groups in total. The first-order chi connectivity index (χ1) is 8.25. The number of rotatable bonds is 2. The molecule has 1 aromatic carbocycles. The third-order valence-electron chi connectivity index (χ3n) is 2.82. The number of hydrogen-bond donors (Lipinski definition) is 1. The maximum absolute atomic E-state index is 13.1. The van der Waals surface area contributed by atoms with Gasteiger partial charge in [-0.15, -0.1) is 0 Å². The van der Waals surface area contributed by atoms with E-state index in [9.17, 15) is 4.39 Å². The second-order valence-electron chi connectivity index (χ2n) is 4.23. The van der Waals surface area contributed by atoms with E-state index in [1.165, 1.54) is 25.0 Å². The molecule has 2 rings (SSSR count). The molecule has 3 nitrogen and oxygen atoms in total. The third kappa shape index (κ3) is 3.60. The Hall–Kier alpha value is -1.29. The lowest BCUT2D eigenvalue weighted by Gasteiger charge is -2.21. The second-order valence-corrected chi connectivity index (χ2v) is 4.23. The Labute approximate surface area is 100 Å². The average molecular weight is 240 g/mol. The molecular weight excluding hydrogens is 223 g/mol. The van der Waals surface area contributed by atoms with E-state index in [0.29, 0.717) is 12.4 Å². The van der Waals surface area contributed by atoms with E-state index in [1.54, 1.807) is 6.07 Å². The van der Waals surface area contributed by atoms with Gasteiger partial charge in [0.25, 0.3) is 0 Å². The summed E-state index contributed by atoms with van der Waals surface area (Å²) in [4.78, 5) is 0. The maximum Gasteiger partial charge on any atom is 0.199 e. The Morgan fingerprint density at radius 1 is 1.24 bits per heavy atom. The van der Waals surface area contributed by atoms with Gasteiger partial charge >= 0.3 is 0 Å². The van der Waals surface area contributed by atoms with E-state index in [4.69, 9.17) is 14.6 Å². The largest absolute Gasteiger partial charge is 0.505 e. The number of benzene rings is 1. The van der Waals surface area contributed by atoms with Crippen LogP contribution in [0.15, 0.2) is 18.2 Å². The van der Waals surface area contributed by atoms with Crippen LogP contribution in [0.4, 0.5) is 4.39 Å². The molecule has 0 saturated carbocycles. The highest BCUT2D eigenvalue weighted by molar-refractivity contribution is 5.32. The van der Waals surface area contributed by atoms with Crippen LogP contribution in [-0.4, -0.2) is 18.0 Å². The molecule has 1 atom stereocenters. The van der Waals surface area contributed by atoms with Gasteiger partial charge in [-0.25, -0.2) is 4.39 Å². The highest BCUT2D eigenvalue weighted by Gasteiger charge is 2.14. The highest BCUT2D eigenvalue weighted by atomic mass is 19.1. The van der Waals surface area contributed by atoms with E-state index in [0.717, 1.165) is 19.3 Å². The Kier molecular flexibility index (Phi) is 4.20. The quantitative estimate of drug-likeness (QED) is 0.862. The minimum Gasteiger partial charge on any atom is -0.505 e. The fourth-order valence-electron chi connectivity index (χ4n) is 1.87. The predicted molar refractivity (Wildman–Crippen MR) is 61.5 cm³/mol. The molecule has 0 amide bonds. The van der Waals surface area contributed by atoms with Gasteiger partial charge in [0.2, 0.25) is 0 Å². The van der Waals surface area contributed by atoms with E-state index in [-0.39, 0.29) is 12.0 Å². The average Bonchev–Trinajstić information content (AvgIpc) is 2.27. The van der Waals surface area contributed by atoms with E-state index < -0.39 is 5.82 Å². The van der Waals surface area contributed by atoms with Crippen molar-refractivity contribution < 1.29 is 19.0 Å². The maximum atomic E-state index is 13.1. The van der Waals surface area contributed by atoms with Crippen LogP contribution in [0, 0.1) is 5.82 Å². The van der Waals surface area contributed by atoms with Crippen LogP contribution in [0.1, 0.15) is 32.1 Å². The topological polar surface area (TPSA) is 38.7 Å². The molecule has 0 aliphatic carbocycles. The molecule has 17 heavy (non-hydrogen) atoms. The standard InChI is InChI=1S/C13H17FO3/c14-11-9-10(6-7-12(11)15)17-13-5-3-1-2-4-8-16-13/h6-7,9,13,15H,1-5,8H2/t13-/m1/s1. The number of hydrogen-bond acceptors (Lipinski definition) is 3. The summed E-state index contributed by atoms with van der Waals surface area (Å²) in [5.74, 6) is -0.643. The lowest BCUT2D eigenvalue weighted by atomic mass is 10.1. The zero-order chi connectivity index (χ0) is 12.1. The second kappa shape index (κ2) is 5.87. The Bertz CT molecular complexity index is 360. The molecule has 0 aromatic heterocycles. The summed E-state index contributed by atoms with van der Waals surface area (Å²) in [5, 5.41) is 9.07. The molecule has 1 aliphatic rings. The summed E-state index contributed by atoms with van der Waals surface area (Å²) in [6.45, 7) is 0.686. The smallest absolute Gasteiger partial charge is 0.199 e. The van der Waals surface area contributed by atoms with Gasteiger partial charge in [-0.1, -0.05) is 12.8 Å². The van der Waals surface area contributed by atoms with Crippen LogP contribution < -0.4 is 4.74 Å². The summed E-state index contributed by atoms with van der Waals surface area (Å²) in [6.07, 6.45) is 5.00. The molecule has 94 valence electrons. The van der Waals surface area contributed by atoms with E-state index in [2.05, 4.69) is 0 Å². The summed E-state index contributed by atoms with van der Waals surface area (Å²) in [6, 6.07) is 4.01. The fraction of sp³-hybridized carbons (Fsp3) is 0.538. The van der Waals surface area contributed by atoms with Crippen molar-refractivity contribution in [1.29, 1.82) is 0 Å². The molecule has 1 fully saturated rings. The molecule has 0 bridgehead atoms. The summed E-state index contributed by atoms with van der Waals surface area (Å²) < 4.78 is 24.2. The van der Waals surface area contributed by atoms with Crippen LogP contribution in [0.5, 0.6) is 11.5 Å². The molecule has 1 saturated heterocycles. The highest BCUT2D eigenvalue weighted by Crippen LogP contribution is 2.24. The number of halogens is 1. The summed E-state index contributed by atoms with van der Waals surface area (Å²) in [5.41, 5.74) is 0. The van der Waals surface area contributed by atoms with Crippen molar-refractivity contribution in [3.8, 4) is 11.5 Å². The molecule has 1 aliphatic heterocycles. The van der Waals surface area contributed by atoms with Crippen molar-refractivity contribution in [1.82, 2.24) is 0 Å². The fourth-order valence-corrected chi connectivity index (χ4v) is 1.87. The van der Waals surface area contributed by atoms with Gasteiger partial charge in [0.15, 0.2) is 17.9 Å². The van der Waals surface area contributed by atoms with Gasteiger partial charge in [0.05, 0.1) is 6.61 Å². The van der Waals surface area contributed by atoms with Gasteiger partial charge in [-0.2, -0.15) is 0 Å². The normalized spacial score (nSPS) is 21.6. The summed E-state index contributed by atoms with van der Waals surface area (Å²) in [7, 11) is 0. The lowest BCUT2D eigenvalue weighted by Crippen LogP contribution is -2.22. The van der Waals surface area contributed by atoms with Gasteiger partial charge in [-0.3, -0.25) is 0 Å². The SMILES string of the molecule is Oc1ccc(O[C@@H]2CCCCCCO2)cc1F.